The van der Waals surface area contributed by atoms with E-state index >= 15 is 0 Å². The molecule has 148 valence electrons. The normalized spacial score (nSPS) is 12.3. The quantitative estimate of drug-likeness (QED) is 0.506. The number of nitro benzene ring substituents is 1. The summed E-state index contributed by atoms with van der Waals surface area (Å²) < 4.78 is 62.7. The van der Waals surface area contributed by atoms with Crippen molar-refractivity contribution in [3.05, 3.63) is 64.1 Å². The van der Waals surface area contributed by atoms with Crippen molar-refractivity contribution in [2.24, 2.45) is 0 Å². The van der Waals surface area contributed by atoms with Gasteiger partial charge < -0.3 is 9.72 Å². The van der Waals surface area contributed by atoms with Gasteiger partial charge in [-0.3, -0.25) is 10.1 Å². The Morgan fingerprint density at radius 3 is 2.61 bits per heavy atom. The van der Waals surface area contributed by atoms with E-state index in [-0.39, 0.29) is 12.2 Å². The summed E-state index contributed by atoms with van der Waals surface area (Å²) >= 11 is 0. The Labute approximate surface area is 156 Å². The van der Waals surface area contributed by atoms with Crippen LogP contribution in [0.5, 0.6) is 0 Å². The van der Waals surface area contributed by atoms with E-state index in [2.05, 4.69) is 10.3 Å². The van der Waals surface area contributed by atoms with Crippen LogP contribution in [0.3, 0.4) is 0 Å². The van der Waals surface area contributed by atoms with Crippen LogP contribution < -0.4 is 5.32 Å². The Balaban J connectivity index is 1.91. The second-order valence-electron chi connectivity index (χ2n) is 5.89. The Bertz CT molecular complexity index is 1170. The van der Waals surface area contributed by atoms with E-state index in [1.807, 2.05) is 19.1 Å². The molecule has 1 aromatic carbocycles. The zero-order chi connectivity index (χ0) is 20.7. The third-order valence-corrected chi connectivity index (χ3v) is 5.45. The van der Waals surface area contributed by atoms with E-state index in [9.17, 15) is 31.7 Å². The van der Waals surface area contributed by atoms with Crippen LogP contribution in [-0.4, -0.2) is 28.2 Å². The van der Waals surface area contributed by atoms with Crippen molar-refractivity contribution in [2.75, 3.05) is 5.32 Å². The fraction of sp³-hybridized carbons (Fsp3) is 0.188. The molecule has 0 saturated heterocycles. The average molecular weight is 414 g/mol. The third-order valence-electron chi connectivity index (χ3n) is 3.97. The van der Waals surface area contributed by atoms with Crippen LogP contribution in [0.4, 0.5) is 24.5 Å². The van der Waals surface area contributed by atoms with Gasteiger partial charge in [-0.05, 0) is 30.7 Å². The van der Waals surface area contributed by atoms with Crippen molar-refractivity contribution in [2.45, 2.75) is 23.9 Å². The van der Waals surface area contributed by atoms with Gasteiger partial charge >= 0.3 is 5.51 Å². The van der Waals surface area contributed by atoms with Crippen molar-refractivity contribution in [3.8, 4) is 0 Å². The van der Waals surface area contributed by atoms with E-state index in [1.165, 1.54) is 0 Å². The minimum Gasteiger partial charge on any atom is -0.374 e. The number of nitro groups is 1. The topological polar surface area (TPSA) is 107 Å². The number of benzene rings is 1. The average Bonchev–Trinajstić information content (AvgIpc) is 3.03. The number of halogens is 3. The largest absolute Gasteiger partial charge is 0.501 e. The molecule has 8 nitrogen and oxygen atoms in total. The summed E-state index contributed by atoms with van der Waals surface area (Å²) in [6, 6.07) is 5.68. The number of anilines is 1. The fourth-order valence-corrected chi connectivity index (χ4v) is 3.37. The van der Waals surface area contributed by atoms with E-state index in [0.717, 1.165) is 11.6 Å². The maximum absolute atomic E-state index is 12.7. The van der Waals surface area contributed by atoms with Crippen molar-refractivity contribution in [1.29, 1.82) is 0 Å². The zero-order valence-corrected chi connectivity index (χ0v) is 15.1. The maximum Gasteiger partial charge on any atom is 0.501 e. The molecule has 12 heteroatoms. The first-order valence-corrected chi connectivity index (χ1v) is 9.26. The van der Waals surface area contributed by atoms with Crippen molar-refractivity contribution in [3.63, 3.8) is 0 Å². The van der Waals surface area contributed by atoms with Gasteiger partial charge in [0.2, 0.25) is 0 Å². The molecule has 0 spiro atoms. The number of alkyl halides is 3. The Morgan fingerprint density at radius 1 is 1.29 bits per heavy atom. The van der Waals surface area contributed by atoms with Gasteiger partial charge in [-0.15, -0.1) is 0 Å². The minimum absolute atomic E-state index is 0.0489. The van der Waals surface area contributed by atoms with Gasteiger partial charge in [0.25, 0.3) is 15.5 Å². The van der Waals surface area contributed by atoms with E-state index in [4.69, 9.17) is 0 Å². The van der Waals surface area contributed by atoms with Crippen molar-refractivity contribution < 1.29 is 26.5 Å². The number of rotatable bonds is 5. The fourth-order valence-electron chi connectivity index (χ4n) is 2.59. The molecular weight excluding hydrogens is 401 g/mol. The summed E-state index contributed by atoms with van der Waals surface area (Å²) in [7, 11) is -5.69. The molecule has 3 aromatic rings. The first-order chi connectivity index (χ1) is 13.0. The summed E-state index contributed by atoms with van der Waals surface area (Å²) in [5, 5.41) is 13.9. The third kappa shape index (κ3) is 3.50. The number of fused-ring (bicyclic) bond motifs is 1. The molecule has 0 fully saturated rings. The summed E-state index contributed by atoms with van der Waals surface area (Å²) in [5.41, 5.74) is -4.31. The molecule has 1 N–H and O–H groups in total. The molecule has 2 aromatic heterocycles. The standard InChI is InChI=1S/C16H13F3N4O4S/c1-10-3-2-6-22-9-11(21-15(10)22)8-20-13-5-4-12(7-14(13)23(24)25)28(26,27)16(17,18)19/h2-7,9,20H,8H2,1H3. The highest BCUT2D eigenvalue weighted by Crippen LogP contribution is 2.34. The van der Waals surface area contributed by atoms with E-state index < -0.39 is 30.9 Å². The van der Waals surface area contributed by atoms with Crippen LogP contribution in [0, 0.1) is 17.0 Å². The second kappa shape index (κ2) is 6.78. The van der Waals surface area contributed by atoms with Crippen molar-refractivity contribution in [1.82, 2.24) is 9.38 Å². The van der Waals surface area contributed by atoms with Gasteiger partial charge in [0.05, 0.1) is 22.1 Å². The first kappa shape index (κ1) is 19.6. The molecule has 3 rings (SSSR count). The lowest BCUT2D eigenvalue weighted by atomic mass is 10.2. The number of sulfone groups is 1. The van der Waals surface area contributed by atoms with Crippen LogP contribution >= 0.6 is 0 Å². The SMILES string of the molecule is Cc1cccn2cc(CNc3ccc(S(=O)(=O)C(F)(F)F)cc3[N+](=O)[O-])nc12. The lowest BCUT2D eigenvalue weighted by molar-refractivity contribution is -0.384. The highest BCUT2D eigenvalue weighted by Gasteiger charge is 2.47. The van der Waals surface area contributed by atoms with E-state index in [0.29, 0.717) is 23.5 Å². The smallest absolute Gasteiger partial charge is 0.374 e. The molecule has 2 heterocycles. The molecule has 0 saturated carbocycles. The number of aromatic nitrogens is 2. The van der Waals surface area contributed by atoms with Crippen molar-refractivity contribution >= 4 is 26.9 Å². The highest BCUT2D eigenvalue weighted by atomic mass is 32.2. The molecule has 0 bridgehead atoms. The lowest BCUT2D eigenvalue weighted by Crippen LogP contribution is -2.23. The van der Waals surface area contributed by atoms with Gasteiger partial charge in [-0.2, -0.15) is 13.2 Å². The summed E-state index contributed by atoms with van der Waals surface area (Å²) in [6.07, 6.45) is 3.47. The predicted octanol–water partition coefficient (Wildman–Crippen LogP) is 3.46. The zero-order valence-electron chi connectivity index (χ0n) is 14.3. The second-order valence-corrected chi connectivity index (χ2v) is 7.83. The molecule has 0 radical (unpaired) electrons. The predicted molar refractivity (Wildman–Crippen MR) is 93.6 cm³/mol. The number of hydrogen-bond donors (Lipinski definition) is 1. The Hall–Kier alpha value is -3.15. The molecule has 0 aliphatic heterocycles. The van der Waals surface area contributed by atoms with Crippen LogP contribution in [-0.2, 0) is 16.4 Å². The molecule has 0 unspecified atom stereocenters. The van der Waals surface area contributed by atoms with Gasteiger partial charge in [-0.25, -0.2) is 13.4 Å². The first-order valence-electron chi connectivity index (χ1n) is 7.77. The molecular formula is C16H13F3N4O4S. The molecule has 0 amide bonds. The summed E-state index contributed by atoms with van der Waals surface area (Å²) in [6.45, 7) is 1.91. The summed E-state index contributed by atoms with van der Waals surface area (Å²) in [5.74, 6) is 0. The lowest BCUT2D eigenvalue weighted by Gasteiger charge is -2.10. The van der Waals surface area contributed by atoms with Crippen LogP contribution in [0.15, 0.2) is 47.6 Å². The monoisotopic (exact) mass is 414 g/mol. The molecule has 28 heavy (non-hydrogen) atoms. The van der Waals surface area contributed by atoms with Gasteiger partial charge in [-0.1, -0.05) is 6.07 Å². The Morgan fingerprint density at radius 2 is 2.00 bits per heavy atom. The number of pyridine rings is 1. The number of imidazole rings is 1. The van der Waals surface area contributed by atoms with Crippen LogP contribution in [0.25, 0.3) is 5.65 Å². The maximum atomic E-state index is 12.7. The molecule has 0 aliphatic carbocycles. The van der Waals surface area contributed by atoms with Gasteiger partial charge in [0.15, 0.2) is 0 Å². The van der Waals surface area contributed by atoms with E-state index in [1.54, 1.807) is 16.8 Å². The molecule has 0 atom stereocenters. The summed E-state index contributed by atoms with van der Waals surface area (Å²) in [4.78, 5) is 13.4. The van der Waals surface area contributed by atoms with Crippen LogP contribution in [0.2, 0.25) is 0 Å². The molecule has 0 aliphatic rings. The number of hydrogen-bond acceptors (Lipinski definition) is 6. The van der Waals surface area contributed by atoms with Gasteiger partial charge in [0, 0.05) is 18.5 Å². The highest BCUT2D eigenvalue weighted by molar-refractivity contribution is 7.92. The number of nitrogens with one attached hydrogen (secondary N) is 1. The number of nitrogens with zero attached hydrogens (tertiary/aromatic N) is 3. The number of aryl methyl sites for hydroxylation is 1. The minimum atomic E-state index is -5.69. The van der Waals surface area contributed by atoms with Gasteiger partial charge in [0.1, 0.15) is 11.3 Å². The van der Waals surface area contributed by atoms with Crippen LogP contribution in [0.1, 0.15) is 11.3 Å². The Kier molecular flexibility index (Phi) is 4.75.